The predicted molar refractivity (Wildman–Crippen MR) is 39.2 cm³/mol. The van der Waals surface area contributed by atoms with Gasteiger partial charge in [0.1, 0.15) is 0 Å². The maximum atomic E-state index is 10.9. The topological polar surface area (TPSA) is 20.3 Å². The first kappa shape index (κ1) is 6.68. The maximum absolute atomic E-state index is 10.9. The molecule has 1 aliphatic heterocycles. The number of amides is 1. The molecule has 0 spiro atoms. The van der Waals surface area contributed by atoms with Crippen molar-refractivity contribution in [2.75, 3.05) is 6.54 Å². The minimum absolute atomic E-state index is 0.183. The van der Waals surface area contributed by atoms with Crippen LogP contribution < -0.4 is 0 Å². The Morgan fingerprint density at radius 2 is 2.33 bits per heavy atom. The van der Waals surface area contributed by atoms with Crippen molar-refractivity contribution in [2.45, 2.75) is 19.8 Å². The van der Waals surface area contributed by atoms with Crippen LogP contribution in [0.4, 0.5) is 0 Å². The van der Waals surface area contributed by atoms with Gasteiger partial charge in [0.2, 0.25) is 5.91 Å². The number of carbonyl (C=O) groups excluding carboxylic acids is 1. The van der Waals surface area contributed by atoms with Gasteiger partial charge in [0.15, 0.2) is 0 Å². The quantitative estimate of drug-likeness (QED) is 0.509. The van der Waals surface area contributed by atoms with Gasteiger partial charge in [-0.15, -0.1) is 0 Å². The molecule has 1 rings (SSSR count). The molecule has 0 aromatic rings. The van der Waals surface area contributed by atoms with Gasteiger partial charge in [-0.1, -0.05) is 12.2 Å². The summed E-state index contributed by atoms with van der Waals surface area (Å²) >= 11 is 4.92. The van der Waals surface area contributed by atoms with Crippen molar-refractivity contribution >= 4 is 23.1 Å². The van der Waals surface area contributed by atoms with E-state index < -0.39 is 0 Å². The standard InChI is InChI=1S/C6H9NOS/c1-2-7-5(8)3-4-6(7)9/h2-4H2,1H3. The highest BCUT2D eigenvalue weighted by molar-refractivity contribution is 7.80. The van der Waals surface area contributed by atoms with Crippen molar-refractivity contribution in [1.29, 1.82) is 0 Å². The van der Waals surface area contributed by atoms with Crippen LogP contribution in [0.3, 0.4) is 0 Å². The lowest BCUT2D eigenvalue weighted by Crippen LogP contribution is -2.27. The fraction of sp³-hybridized carbons (Fsp3) is 0.667. The molecule has 3 heteroatoms. The van der Waals surface area contributed by atoms with Crippen LogP contribution in [-0.2, 0) is 4.79 Å². The highest BCUT2D eigenvalue weighted by atomic mass is 32.1. The van der Waals surface area contributed by atoms with Gasteiger partial charge in [0.05, 0.1) is 4.99 Å². The number of thiocarbonyl (C=S) groups is 1. The molecular formula is C6H9NOS. The molecule has 0 atom stereocenters. The van der Waals surface area contributed by atoms with Crippen LogP contribution >= 0.6 is 12.2 Å². The van der Waals surface area contributed by atoms with Gasteiger partial charge >= 0.3 is 0 Å². The van der Waals surface area contributed by atoms with E-state index in [-0.39, 0.29) is 5.91 Å². The number of rotatable bonds is 1. The zero-order valence-electron chi connectivity index (χ0n) is 5.39. The highest BCUT2D eigenvalue weighted by Crippen LogP contribution is 2.11. The van der Waals surface area contributed by atoms with Crippen LogP contribution in [0.2, 0.25) is 0 Å². The van der Waals surface area contributed by atoms with Crippen molar-refractivity contribution in [1.82, 2.24) is 4.90 Å². The normalized spacial score (nSPS) is 19.4. The molecule has 9 heavy (non-hydrogen) atoms. The van der Waals surface area contributed by atoms with Crippen molar-refractivity contribution in [3.8, 4) is 0 Å². The summed E-state index contributed by atoms with van der Waals surface area (Å²) in [6.45, 7) is 2.67. The molecule has 0 radical (unpaired) electrons. The molecule has 1 aliphatic rings. The molecule has 0 bridgehead atoms. The van der Waals surface area contributed by atoms with Crippen LogP contribution in [0.25, 0.3) is 0 Å². The van der Waals surface area contributed by atoms with Crippen LogP contribution in [-0.4, -0.2) is 22.3 Å². The van der Waals surface area contributed by atoms with E-state index in [2.05, 4.69) is 0 Å². The molecule has 1 amide bonds. The molecule has 0 saturated carbocycles. The Labute approximate surface area is 59.8 Å². The average Bonchev–Trinajstić information content (AvgIpc) is 2.12. The first-order valence-corrected chi connectivity index (χ1v) is 3.49. The summed E-state index contributed by atoms with van der Waals surface area (Å²) in [6.07, 6.45) is 1.40. The fourth-order valence-corrected chi connectivity index (χ4v) is 1.31. The van der Waals surface area contributed by atoms with Gasteiger partial charge in [0, 0.05) is 19.4 Å². The number of nitrogens with zero attached hydrogens (tertiary/aromatic N) is 1. The fourth-order valence-electron chi connectivity index (χ4n) is 0.976. The minimum atomic E-state index is 0.183. The summed E-state index contributed by atoms with van der Waals surface area (Å²) in [4.78, 5) is 13.3. The Kier molecular flexibility index (Phi) is 1.81. The minimum Gasteiger partial charge on any atom is -0.307 e. The second-order valence-corrected chi connectivity index (χ2v) is 2.50. The molecule has 1 fully saturated rings. The Morgan fingerprint density at radius 1 is 1.67 bits per heavy atom. The first-order valence-electron chi connectivity index (χ1n) is 3.09. The lowest BCUT2D eigenvalue weighted by atomic mass is 10.4. The van der Waals surface area contributed by atoms with Gasteiger partial charge < -0.3 is 4.90 Å². The van der Waals surface area contributed by atoms with Crippen LogP contribution in [0.15, 0.2) is 0 Å². The lowest BCUT2D eigenvalue weighted by Gasteiger charge is -2.10. The smallest absolute Gasteiger partial charge is 0.227 e. The largest absolute Gasteiger partial charge is 0.307 e. The van der Waals surface area contributed by atoms with E-state index in [0.717, 1.165) is 18.0 Å². The number of hydrogen-bond acceptors (Lipinski definition) is 2. The SMILES string of the molecule is CCN1C(=O)CCC1=S. The van der Waals surface area contributed by atoms with E-state index in [1.54, 1.807) is 4.90 Å². The molecule has 0 aromatic carbocycles. The summed E-state index contributed by atoms with van der Waals surface area (Å²) in [5, 5.41) is 0. The Morgan fingerprint density at radius 3 is 2.56 bits per heavy atom. The molecule has 50 valence electrons. The van der Waals surface area contributed by atoms with Gasteiger partial charge in [-0.3, -0.25) is 4.79 Å². The summed E-state index contributed by atoms with van der Waals surface area (Å²) < 4.78 is 0. The zero-order chi connectivity index (χ0) is 6.85. The third-order valence-corrected chi connectivity index (χ3v) is 1.90. The molecule has 0 aromatic heterocycles. The number of likely N-dealkylation sites (tertiary alicyclic amines) is 1. The molecule has 0 N–H and O–H groups in total. The van der Waals surface area contributed by atoms with Crippen molar-refractivity contribution in [2.24, 2.45) is 0 Å². The van der Waals surface area contributed by atoms with E-state index in [4.69, 9.17) is 12.2 Å². The van der Waals surface area contributed by atoms with Crippen LogP contribution in [0, 0.1) is 0 Å². The Bertz CT molecular complexity index is 139. The predicted octanol–water partition coefficient (Wildman–Crippen LogP) is 0.956. The molecule has 1 heterocycles. The van der Waals surface area contributed by atoms with Gasteiger partial charge in [-0.05, 0) is 6.92 Å². The van der Waals surface area contributed by atoms with Crippen molar-refractivity contribution < 1.29 is 4.79 Å². The molecule has 0 aliphatic carbocycles. The van der Waals surface area contributed by atoms with Crippen LogP contribution in [0.5, 0.6) is 0 Å². The lowest BCUT2D eigenvalue weighted by molar-refractivity contribution is -0.125. The summed E-state index contributed by atoms with van der Waals surface area (Å²) in [5.41, 5.74) is 0. The van der Waals surface area contributed by atoms with Gasteiger partial charge in [0.25, 0.3) is 0 Å². The van der Waals surface area contributed by atoms with E-state index >= 15 is 0 Å². The maximum Gasteiger partial charge on any atom is 0.227 e. The summed E-state index contributed by atoms with van der Waals surface area (Å²) in [6, 6.07) is 0. The number of carbonyl (C=O) groups is 1. The van der Waals surface area contributed by atoms with E-state index in [1.807, 2.05) is 6.92 Å². The van der Waals surface area contributed by atoms with E-state index in [1.165, 1.54) is 0 Å². The third-order valence-electron chi connectivity index (χ3n) is 1.47. The molecule has 2 nitrogen and oxygen atoms in total. The summed E-state index contributed by atoms with van der Waals surface area (Å²) in [7, 11) is 0. The Hall–Kier alpha value is -0.440. The third kappa shape index (κ3) is 1.10. The van der Waals surface area contributed by atoms with Crippen LogP contribution in [0.1, 0.15) is 19.8 Å². The second kappa shape index (κ2) is 2.43. The average molecular weight is 143 g/mol. The van der Waals surface area contributed by atoms with E-state index in [0.29, 0.717) is 6.42 Å². The van der Waals surface area contributed by atoms with Crippen molar-refractivity contribution in [3.05, 3.63) is 0 Å². The number of hydrogen-bond donors (Lipinski definition) is 0. The summed E-state index contributed by atoms with van der Waals surface area (Å²) in [5.74, 6) is 0.183. The van der Waals surface area contributed by atoms with E-state index in [9.17, 15) is 4.79 Å². The second-order valence-electron chi connectivity index (χ2n) is 2.03. The highest BCUT2D eigenvalue weighted by Gasteiger charge is 2.23. The van der Waals surface area contributed by atoms with Crippen molar-refractivity contribution in [3.63, 3.8) is 0 Å². The first-order chi connectivity index (χ1) is 4.25. The Balaban J connectivity index is 2.66. The monoisotopic (exact) mass is 143 g/mol. The van der Waals surface area contributed by atoms with Gasteiger partial charge in [-0.25, -0.2) is 0 Å². The molecule has 1 saturated heterocycles. The molecular weight excluding hydrogens is 134 g/mol. The van der Waals surface area contributed by atoms with Gasteiger partial charge in [-0.2, -0.15) is 0 Å². The zero-order valence-corrected chi connectivity index (χ0v) is 6.20. The molecule has 0 unspecified atom stereocenters.